The molecule has 2 aromatic rings. The molecule has 0 aromatic carbocycles. The minimum absolute atomic E-state index is 0.201. The van der Waals surface area contributed by atoms with Crippen molar-refractivity contribution in [1.29, 1.82) is 0 Å². The lowest BCUT2D eigenvalue weighted by atomic mass is 10.1. The zero-order valence-electron chi connectivity index (χ0n) is 9.76. The Labute approximate surface area is 117 Å². The van der Waals surface area contributed by atoms with Crippen LogP contribution in [0.5, 0.6) is 0 Å². The lowest BCUT2D eigenvalue weighted by Gasteiger charge is -2.09. The van der Waals surface area contributed by atoms with Crippen LogP contribution in [0.2, 0.25) is 0 Å². The summed E-state index contributed by atoms with van der Waals surface area (Å²) in [5.41, 5.74) is 6.56. The molecule has 1 unspecified atom stereocenters. The van der Waals surface area contributed by atoms with Gasteiger partial charge in [0.25, 0.3) is 0 Å². The van der Waals surface area contributed by atoms with Crippen LogP contribution in [0, 0.1) is 0 Å². The summed E-state index contributed by atoms with van der Waals surface area (Å²) >= 11 is 4.95. The van der Waals surface area contributed by atoms with Crippen LogP contribution in [0.3, 0.4) is 0 Å². The van der Waals surface area contributed by atoms with E-state index in [1.807, 2.05) is 11.4 Å². The molecule has 0 saturated heterocycles. The summed E-state index contributed by atoms with van der Waals surface area (Å²) in [6, 6.07) is 1.29. The van der Waals surface area contributed by atoms with Crippen molar-refractivity contribution in [1.82, 2.24) is 15.1 Å². The van der Waals surface area contributed by atoms with Gasteiger partial charge in [0.2, 0.25) is 5.91 Å². The molecule has 0 aliphatic carbocycles. The molecule has 5 nitrogen and oxygen atoms in total. The first kappa shape index (κ1) is 13.3. The van der Waals surface area contributed by atoms with Crippen molar-refractivity contribution in [2.75, 3.05) is 0 Å². The number of rotatable bonds is 4. The number of nitrogens with two attached hydrogens (primary N) is 1. The first-order chi connectivity index (χ1) is 8.56. The van der Waals surface area contributed by atoms with E-state index in [1.165, 1.54) is 0 Å². The maximum Gasteiger partial charge on any atom is 0.241 e. The number of thiophene rings is 1. The molecular formula is C11H13BrN4OS. The number of hydrogen-bond donors (Lipinski definition) is 2. The van der Waals surface area contributed by atoms with E-state index in [9.17, 15) is 4.79 Å². The summed E-state index contributed by atoms with van der Waals surface area (Å²) in [4.78, 5) is 12.9. The molecule has 0 saturated carbocycles. The fourth-order valence-corrected chi connectivity index (χ4v) is 2.87. The smallest absolute Gasteiger partial charge is 0.241 e. The monoisotopic (exact) mass is 328 g/mol. The van der Waals surface area contributed by atoms with Crippen molar-refractivity contribution in [2.24, 2.45) is 12.8 Å². The van der Waals surface area contributed by atoms with Crippen molar-refractivity contribution in [2.45, 2.75) is 12.6 Å². The largest absolute Gasteiger partial charge is 0.350 e. The molecule has 0 bridgehead atoms. The van der Waals surface area contributed by atoms with E-state index < -0.39 is 6.04 Å². The summed E-state index contributed by atoms with van der Waals surface area (Å²) in [5, 5.41) is 8.78. The van der Waals surface area contributed by atoms with E-state index in [-0.39, 0.29) is 5.91 Å². The van der Waals surface area contributed by atoms with E-state index in [0.29, 0.717) is 12.1 Å². The average molecular weight is 329 g/mol. The molecule has 1 atom stereocenters. The van der Waals surface area contributed by atoms with Crippen molar-refractivity contribution in [3.63, 3.8) is 0 Å². The molecule has 0 fully saturated rings. The number of aromatic nitrogens is 2. The van der Waals surface area contributed by atoms with Crippen LogP contribution in [-0.2, 0) is 18.4 Å². The van der Waals surface area contributed by atoms with Gasteiger partial charge in [-0.25, -0.2) is 0 Å². The van der Waals surface area contributed by atoms with Gasteiger partial charge < -0.3 is 11.1 Å². The number of hydrogen-bond acceptors (Lipinski definition) is 4. The summed E-state index contributed by atoms with van der Waals surface area (Å²) in [6.07, 6.45) is 3.35. The highest BCUT2D eigenvalue weighted by molar-refractivity contribution is 9.10. The van der Waals surface area contributed by atoms with Crippen molar-refractivity contribution < 1.29 is 4.79 Å². The molecule has 2 heterocycles. The second-order valence-corrected chi connectivity index (χ2v) is 5.79. The molecule has 0 radical (unpaired) electrons. The third-order valence-corrected chi connectivity index (χ3v) is 4.12. The van der Waals surface area contributed by atoms with Crippen LogP contribution in [-0.4, -0.2) is 15.7 Å². The molecular weight excluding hydrogens is 316 g/mol. The zero-order valence-corrected chi connectivity index (χ0v) is 12.2. The number of amides is 1. The Morgan fingerprint density at radius 1 is 1.72 bits per heavy atom. The molecule has 18 heavy (non-hydrogen) atoms. The van der Waals surface area contributed by atoms with Crippen LogP contribution in [0.4, 0.5) is 0 Å². The number of halogens is 1. The van der Waals surface area contributed by atoms with Gasteiger partial charge in [-0.05, 0) is 22.0 Å². The Morgan fingerprint density at radius 3 is 3.06 bits per heavy atom. The number of carbonyl (C=O) groups excluding carboxylic acids is 1. The Bertz CT molecular complexity index is 551. The Hall–Kier alpha value is -1.18. The number of nitrogens with zero attached hydrogens (tertiary/aromatic N) is 2. The van der Waals surface area contributed by atoms with Crippen LogP contribution in [0.1, 0.15) is 16.5 Å². The first-order valence-corrected chi connectivity index (χ1v) is 6.98. The topological polar surface area (TPSA) is 72.9 Å². The molecule has 3 N–H and O–H groups in total. The second-order valence-electron chi connectivity index (χ2n) is 3.87. The number of carbonyl (C=O) groups is 1. The highest BCUT2D eigenvalue weighted by atomic mass is 79.9. The minimum Gasteiger partial charge on any atom is -0.350 e. The maximum atomic E-state index is 11.9. The average Bonchev–Trinajstić information content (AvgIpc) is 2.94. The van der Waals surface area contributed by atoms with Crippen molar-refractivity contribution in [3.8, 4) is 0 Å². The third-order valence-electron chi connectivity index (χ3n) is 2.43. The predicted octanol–water partition coefficient (Wildman–Crippen LogP) is 1.56. The molecule has 0 aliphatic rings. The molecule has 2 aromatic heterocycles. The molecule has 0 aliphatic heterocycles. The van der Waals surface area contributed by atoms with E-state index in [2.05, 4.69) is 26.3 Å². The Kier molecular flexibility index (Phi) is 4.15. The van der Waals surface area contributed by atoms with E-state index in [4.69, 9.17) is 5.73 Å². The summed E-state index contributed by atoms with van der Waals surface area (Å²) in [5.74, 6) is -0.201. The maximum absolute atomic E-state index is 11.9. The lowest BCUT2D eigenvalue weighted by Crippen LogP contribution is -2.33. The highest BCUT2D eigenvalue weighted by Gasteiger charge is 2.16. The Balaban J connectivity index is 1.92. The third kappa shape index (κ3) is 3.18. The van der Waals surface area contributed by atoms with Gasteiger partial charge in [-0.1, -0.05) is 0 Å². The van der Waals surface area contributed by atoms with Gasteiger partial charge in [0.15, 0.2) is 0 Å². The molecule has 1 amide bonds. The van der Waals surface area contributed by atoms with Crippen molar-refractivity contribution in [3.05, 3.63) is 38.8 Å². The van der Waals surface area contributed by atoms with Crippen LogP contribution in [0.15, 0.2) is 28.3 Å². The van der Waals surface area contributed by atoms with Gasteiger partial charge in [-0.15, -0.1) is 11.3 Å². The fraction of sp³-hybridized carbons (Fsp3) is 0.273. The standard InChI is InChI=1S/C11H13BrN4OS/c1-16-5-7(3-15-16)10(13)11(17)14-4-9-2-8(12)6-18-9/h2-3,5-6,10H,4,13H2,1H3,(H,14,17). The molecule has 0 spiro atoms. The molecule has 7 heteroatoms. The normalized spacial score (nSPS) is 12.4. The van der Waals surface area contributed by atoms with Gasteiger partial charge in [-0.2, -0.15) is 5.10 Å². The van der Waals surface area contributed by atoms with Crippen LogP contribution in [0.25, 0.3) is 0 Å². The minimum atomic E-state index is -0.679. The molecule has 2 rings (SSSR count). The van der Waals surface area contributed by atoms with E-state index in [0.717, 1.165) is 9.35 Å². The Morgan fingerprint density at radius 2 is 2.50 bits per heavy atom. The van der Waals surface area contributed by atoms with Gasteiger partial charge in [0, 0.05) is 33.5 Å². The second kappa shape index (κ2) is 5.64. The molecule has 96 valence electrons. The highest BCUT2D eigenvalue weighted by Crippen LogP contribution is 2.19. The van der Waals surface area contributed by atoms with Crippen LogP contribution < -0.4 is 11.1 Å². The SMILES string of the molecule is Cn1cc(C(N)C(=O)NCc2cc(Br)cs2)cn1. The fourth-order valence-electron chi connectivity index (χ4n) is 1.48. The quantitative estimate of drug-likeness (QED) is 0.894. The van der Waals surface area contributed by atoms with Crippen molar-refractivity contribution >= 4 is 33.2 Å². The van der Waals surface area contributed by atoms with E-state index in [1.54, 1.807) is 35.5 Å². The number of aryl methyl sites for hydroxylation is 1. The first-order valence-electron chi connectivity index (χ1n) is 5.31. The summed E-state index contributed by atoms with van der Waals surface area (Å²) in [7, 11) is 1.79. The zero-order chi connectivity index (χ0) is 13.1. The van der Waals surface area contributed by atoms with Gasteiger partial charge in [0.1, 0.15) is 6.04 Å². The summed E-state index contributed by atoms with van der Waals surface area (Å²) < 4.78 is 2.65. The van der Waals surface area contributed by atoms with Crippen LogP contribution >= 0.6 is 27.3 Å². The van der Waals surface area contributed by atoms with E-state index >= 15 is 0 Å². The number of nitrogens with one attached hydrogen (secondary N) is 1. The van der Waals surface area contributed by atoms with Gasteiger partial charge >= 0.3 is 0 Å². The lowest BCUT2D eigenvalue weighted by molar-refractivity contribution is -0.122. The summed E-state index contributed by atoms with van der Waals surface area (Å²) in [6.45, 7) is 0.489. The predicted molar refractivity (Wildman–Crippen MR) is 74.0 cm³/mol. The van der Waals surface area contributed by atoms with Gasteiger partial charge in [-0.3, -0.25) is 9.48 Å². The van der Waals surface area contributed by atoms with Gasteiger partial charge in [0.05, 0.1) is 12.7 Å².